The van der Waals surface area contributed by atoms with E-state index in [0.717, 1.165) is 18.5 Å². The number of ketones is 1. The molecule has 0 aliphatic carbocycles. The van der Waals surface area contributed by atoms with Gasteiger partial charge in [0.25, 0.3) is 0 Å². The zero-order valence-electron chi connectivity index (χ0n) is 10.2. The minimum atomic E-state index is -0.299. The second kappa shape index (κ2) is 5.43. The number of rotatable bonds is 3. The number of Topliss-reactive ketones (excluding diaryl/α,β-unsaturated/α-hetero) is 1. The van der Waals surface area contributed by atoms with Crippen LogP contribution >= 0.6 is 0 Å². The Hall–Kier alpha value is -1.19. The molecule has 0 spiro atoms. The van der Waals surface area contributed by atoms with Crippen LogP contribution in [0.5, 0.6) is 0 Å². The van der Waals surface area contributed by atoms with E-state index in [0.29, 0.717) is 19.0 Å². The van der Waals surface area contributed by atoms with Crippen LogP contribution in [-0.2, 0) is 0 Å². The van der Waals surface area contributed by atoms with Gasteiger partial charge in [-0.3, -0.25) is 9.69 Å². The van der Waals surface area contributed by atoms with Gasteiger partial charge in [0.15, 0.2) is 5.78 Å². The van der Waals surface area contributed by atoms with Crippen molar-refractivity contribution >= 4 is 5.78 Å². The molecule has 1 fully saturated rings. The topological polar surface area (TPSA) is 40.5 Å². The Bertz CT molecular complexity index is 377. The third-order valence-electron chi connectivity index (χ3n) is 3.47. The molecule has 0 radical (unpaired) electrons. The number of nitrogens with zero attached hydrogens (tertiary/aromatic N) is 1. The van der Waals surface area contributed by atoms with Gasteiger partial charge in [0, 0.05) is 12.1 Å². The highest BCUT2D eigenvalue weighted by molar-refractivity contribution is 5.97. The summed E-state index contributed by atoms with van der Waals surface area (Å²) in [6.07, 6.45) is 0.663. The van der Waals surface area contributed by atoms with Crippen LogP contribution in [0, 0.1) is 5.92 Å². The number of carbonyl (C=O) groups excluding carboxylic acids is 1. The van der Waals surface area contributed by atoms with Crippen LogP contribution in [0.3, 0.4) is 0 Å². The minimum Gasteiger partial charge on any atom is -0.392 e. The van der Waals surface area contributed by atoms with Crippen LogP contribution in [0.4, 0.5) is 0 Å². The molecule has 1 N–H and O–H groups in total. The highest BCUT2D eigenvalue weighted by Crippen LogP contribution is 2.17. The van der Waals surface area contributed by atoms with Crippen LogP contribution in [-0.4, -0.2) is 41.5 Å². The van der Waals surface area contributed by atoms with E-state index in [4.69, 9.17) is 0 Å². The molecule has 17 heavy (non-hydrogen) atoms. The lowest BCUT2D eigenvalue weighted by Gasteiger charge is -2.33. The Kier molecular flexibility index (Phi) is 3.92. The number of benzene rings is 1. The molecule has 2 rings (SSSR count). The van der Waals surface area contributed by atoms with Crippen molar-refractivity contribution in [1.82, 2.24) is 4.90 Å². The van der Waals surface area contributed by atoms with Gasteiger partial charge in [-0.15, -0.1) is 0 Å². The lowest BCUT2D eigenvalue weighted by Crippen LogP contribution is -2.44. The number of carbonyl (C=O) groups is 1. The monoisotopic (exact) mass is 233 g/mol. The highest BCUT2D eigenvalue weighted by atomic mass is 16.3. The van der Waals surface area contributed by atoms with E-state index in [9.17, 15) is 9.90 Å². The molecule has 3 nitrogen and oxygen atoms in total. The molecule has 0 amide bonds. The normalized spacial score (nSPS) is 25.8. The van der Waals surface area contributed by atoms with Crippen molar-refractivity contribution in [2.75, 3.05) is 19.6 Å². The molecule has 1 aromatic rings. The molecule has 1 aliphatic heterocycles. The lowest BCUT2D eigenvalue weighted by molar-refractivity contribution is 0.0295. The quantitative estimate of drug-likeness (QED) is 0.806. The van der Waals surface area contributed by atoms with Crippen LogP contribution in [0.2, 0.25) is 0 Å². The molecule has 1 aromatic carbocycles. The SMILES string of the molecule is CC1CCN(CC(=O)c2ccccc2)CC1O. The Balaban J connectivity index is 1.92. The van der Waals surface area contributed by atoms with Crippen LogP contribution in [0.25, 0.3) is 0 Å². The van der Waals surface area contributed by atoms with Crippen molar-refractivity contribution in [3.05, 3.63) is 35.9 Å². The van der Waals surface area contributed by atoms with E-state index in [-0.39, 0.29) is 11.9 Å². The van der Waals surface area contributed by atoms with Gasteiger partial charge in [0.1, 0.15) is 0 Å². The van der Waals surface area contributed by atoms with Crippen LogP contribution in [0.1, 0.15) is 23.7 Å². The fourth-order valence-corrected chi connectivity index (χ4v) is 2.18. The van der Waals surface area contributed by atoms with Crippen molar-refractivity contribution in [2.24, 2.45) is 5.92 Å². The zero-order valence-corrected chi connectivity index (χ0v) is 10.2. The summed E-state index contributed by atoms with van der Waals surface area (Å²) in [7, 11) is 0. The molecule has 1 heterocycles. The molecular weight excluding hydrogens is 214 g/mol. The van der Waals surface area contributed by atoms with Gasteiger partial charge in [-0.2, -0.15) is 0 Å². The third-order valence-corrected chi connectivity index (χ3v) is 3.47. The standard InChI is InChI=1S/C14H19NO2/c1-11-7-8-15(9-13(11)16)10-14(17)12-5-3-2-4-6-12/h2-6,11,13,16H,7-10H2,1H3. The number of β-amino-alcohol motifs (C(OH)–C–C–N with tert-alkyl or cyclic N) is 1. The van der Waals surface area contributed by atoms with Gasteiger partial charge in [-0.25, -0.2) is 0 Å². The van der Waals surface area contributed by atoms with Crippen molar-refractivity contribution in [1.29, 1.82) is 0 Å². The Labute approximate surface area is 102 Å². The van der Waals surface area contributed by atoms with Gasteiger partial charge < -0.3 is 5.11 Å². The third kappa shape index (κ3) is 3.14. The number of likely N-dealkylation sites (tertiary alicyclic amines) is 1. The second-order valence-corrected chi connectivity index (χ2v) is 4.86. The molecule has 1 aliphatic rings. The summed E-state index contributed by atoms with van der Waals surface area (Å²) in [5.74, 6) is 0.477. The summed E-state index contributed by atoms with van der Waals surface area (Å²) < 4.78 is 0. The van der Waals surface area contributed by atoms with E-state index in [2.05, 4.69) is 6.92 Å². The first kappa shape index (κ1) is 12.3. The second-order valence-electron chi connectivity index (χ2n) is 4.86. The summed E-state index contributed by atoms with van der Waals surface area (Å²) in [5.41, 5.74) is 0.751. The Morgan fingerprint density at radius 1 is 1.41 bits per heavy atom. The van der Waals surface area contributed by atoms with Crippen LogP contribution < -0.4 is 0 Å². The van der Waals surface area contributed by atoms with E-state index >= 15 is 0 Å². The maximum atomic E-state index is 12.0. The number of piperidine rings is 1. The highest BCUT2D eigenvalue weighted by Gasteiger charge is 2.25. The van der Waals surface area contributed by atoms with Gasteiger partial charge in [-0.1, -0.05) is 37.3 Å². The number of aliphatic hydroxyl groups excluding tert-OH is 1. The zero-order chi connectivity index (χ0) is 12.3. The van der Waals surface area contributed by atoms with Crippen molar-refractivity contribution < 1.29 is 9.90 Å². The van der Waals surface area contributed by atoms with E-state index in [1.165, 1.54) is 0 Å². The fraction of sp³-hybridized carbons (Fsp3) is 0.500. The smallest absolute Gasteiger partial charge is 0.176 e. The number of aliphatic hydroxyl groups is 1. The number of hydrogen-bond acceptors (Lipinski definition) is 3. The maximum absolute atomic E-state index is 12.0. The van der Waals surface area contributed by atoms with E-state index < -0.39 is 0 Å². The predicted molar refractivity (Wildman–Crippen MR) is 67.0 cm³/mol. The molecule has 2 unspecified atom stereocenters. The lowest BCUT2D eigenvalue weighted by atomic mass is 9.95. The van der Waals surface area contributed by atoms with Crippen molar-refractivity contribution in [3.63, 3.8) is 0 Å². The van der Waals surface area contributed by atoms with E-state index in [1.54, 1.807) is 0 Å². The Morgan fingerprint density at radius 2 is 2.12 bits per heavy atom. The van der Waals surface area contributed by atoms with Gasteiger partial charge in [0.05, 0.1) is 12.6 Å². The average molecular weight is 233 g/mol. The molecule has 0 aromatic heterocycles. The molecule has 0 bridgehead atoms. The van der Waals surface area contributed by atoms with E-state index in [1.807, 2.05) is 35.2 Å². The maximum Gasteiger partial charge on any atom is 0.176 e. The summed E-state index contributed by atoms with van der Waals surface area (Å²) in [4.78, 5) is 14.0. The summed E-state index contributed by atoms with van der Waals surface area (Å²) in [6.45, 7) is 3.98. The first-order chi connectivity index (χ1) is 8.16. The molecule has 2 atom stereocenters. The Morgan fingerprint density at radius 3 is 2.76 bits per heavy atom. The molecule has 1 saturated heterocycles. The van der Waals surface area contributed by atoms with Crippen LogP contribution in [0.15, 0.2) is 30.3 Å². The average Bonchev–Trinajstić information content (AvgIpc) is 2.35. The largest absolute Gasteiger partial charge is 0.392 e. The van der Waals surface area contributed by atoms with Gasteiger partial charge in [0.2, 0.25) is 0 Å². The molecular formula is C14H19NO2. The van der Waals surface area contributed by atoms with Crippen molar-refractivity contribution in [3.8, 4) is 0 Å². The fourth-order valence-electron chi connectivity index (χ4n) is 2.18. The molecule has 0 saturated carbocycles. The summed E-state index contributed by atoms with van der Waals surface area (Å²) >= 11 is 0. The molecule has 92 valence electrons. The summed E-state index contributed by atoms with van der Waals surface area (Å²) in [6, 6.07) is 9.33. The van der Waals surface area contributed by atoms with Gasteiger partial charge >= 0.3 is 0 Å². The minimum absolute atomic E-state index is 0.132. The van der Waals surface area contributed by atoms with Crippen molar-refractivity contribution in [2.45, 2.75) is 19.4 Å². The predicted octanol–water partition coefficient (Wildman–Crippen LogP) is 1.57. The first-order valence-corrected chi connectivity index (χ1v) is 6.15. The first-order valence-electron chi connectivity index (χ1n) is 6.15. The summed E-state index contributed by atoms with van der Waals surface area (Å²) in [5, 5.41) is 9.78. The number of hydrogen-bond donors (Lipinski definition) is 1. The molecule has 3 heteroatoms. The van der Waals surface area contributed by atoms with Gasteiger partial charge in [-0.05, 0) is 18.9 Å².